The van der Waals surface area contributed by atoms with E-state index < -0.39 is 10.0 Å². The number of rotatable bonds is 7. The molecule has 3 N–H and O–H groups in total. The van der Waals surface area contributed by atoms with Gasteiger partial charge < -0.3 is 10.2 Å². The van der Waals surface area contributed by atoms with Crippen LogP contribution in [0.3, 0.4) is 0 Å². The lowest BCUT2D eigenvalue weighted by molar-refractivity contribution is -0.116. The molecule has 170 valence electrons. The SMILES string of the molecule is NS(=O)(=O)Cc1ccc(NC(=O)c2ccccc2SCC(=O)N2CCc3ccccc32)cc1. The Labute approximate surface area is 197 Å². The van der Waals surface area contributed by atoms with Gasteiger partial charge >= 0.3 is 0 Å². The molecule has 3 aromatic rings. The van der Waals surface area contributed by atoms with E-state index in [1.54, 1.807) is 41.3 Å². The minimum Gasteiger partial charge on any atom is -0.322 e. The summed E-state index contributed by atoms with van der Waals surface area (Å²) in [6.45, 7) is 0.669. The molecule has 1 heterocycles. The fourth-order valence-corrected chi connectivity index (χ4v) is 5.29. The maximum Gasteiger partial charge on any atom is 0.256 e. The second-order valence-corrected chi connectivity index (χ2v) is 10.3. The first-order valence-corrected chi connectivity index (χ1v) is 13.0. The van der Waals surface area contributed by atoms with Crippen molar-refractivity contribution in [3.05, 3.63) is 89.5 Å². The van der Waals surface area contributed by atoms with Crippen LogP contribution in [0.4, 0.5) is 11.4 Å². The number of para-hydroxylation sites is 1. The number of anilines is 2. The molecule has 1 aliphatic heterocycles. The highest BCUT2D eigenvalue weighted by atomic mass is 32.2. The van der Waals surface area contributed by atoms with Crippen LogP contribution in [0.5, 0.6) is 0 Å². The van der Waals surface area contributed by atoms with Crippen LogP contribution in [0.1, 0.15) is 21.5 Å². The number of hydrogen-bond donors (Lipinski definition) is 2. The van der Waals surface area contributed by atoms with Crippen molar-refractivity contribution in [1.29, 1.82) is 0 Å². The molecule has 0 spiro atoms. The molecule has 0 saturated carbocycles. The van der Waals surface area contributed by atoms with E-state index >= 15 is 0 Å². The van der Waals surface area contributed by atoms with E-state index in [0.717, 1.165) is 12.1 Å². The molecule has 0 radical (unpaired) electrons. The van der Waals surface area contributed by atoms with Gasteiger partial charge in [-0.3, -0.25) is 9.59 Å². The molecule has 9 heteroatoms. The van der Waals surface area contributed by atoms with Crippen LogP contribution in [0.15, 0.2) is 77.7 Å². The van der Waals surface area contributed by atoms with Crippen LogP contribution < -0.4 is 15.4 Å². The summed E-state index contributed by atoms with van der Waals surface area (Å²) in [5.74, 6) is -0.348. The molecule has 0 aromatic heterocycles. The Balaban J connectivity index is 1.41. The zero-order valence-electron chi connectivity index (χ0n) is 17.7. The Morgan fingerprint density at radius 2 is 1.67 bits per heavy atom. The molecule has 7 nitrogen and oxygen atoms in total. The molecule has 0 fully saturated rings. The largest absolute Gasteiger partial charge is 0.322 e. The zero-order valence-corrected chi connectivity index (χ0v) is 19.4. The van der Waals surface area contributed by atoms with Gasteiger partial charge in [0.15, 0.2) is 0 Å². The van der Waals surface area contributed by atoms with E-state index in [0.29, 0.717) is 28.3 Å². The van der Waals surface area contributed by atoms with Crippen molar-refractivity contribution in [3.8, 4) is 0 Å². The summed E-state index contributed by atoms with van der Waals surface area (Å²) in [5.41, 5.74) is 3.66. The molecule has 0 bridgehead atoms. The third-order valence-corrected chi connectivity index (χ3v) is 7.04. The first kappa shape index (κ1) is 23.0. The van der Waals surface area contributed by atoms with Gasteiger partial charge in [0.05, 0.1) is 17.1 Å². The standard InChI is InChI=1S/C24H23N3O4S2/c25-33(30,31)16-17-9-11-19(12-10-17)26-24(29)20-6-2-4-8-22(20)32-15-23(28)27-14-13-18-5-1-3-7-21(18)27/h1-12H,13-16H2,(H,26,29)(H2,25,30,31). The first-order valence-electron chi connectivity index (χ1n) is 10.3. The second-order valence-electron chi connectivity index (χ2n) is 7.67. The number of thioether (sulfide) groups is 1. The summed E-state index contributed by atoms with van der Waals surface area (Å²) in [4.78, 5) is 28.2. The minimum atomic E-state index is -3.62. The summed E-state index contributed by atoms with van der Waals surface area (Å²) in [6, 6.07) is 21.5. The molecule has 0 saturated heterocycles. The number of nitrogens with zero attached hydrogens (tertiary/aromatic N) is 1. The number of benzene rings is 3. The van der Waals surface area contributed by atoms with Crippen molar-refractivity contribution in [2.75, 3.05) is 22.5 Å². The quantitative estimate of drug-likeness (QED) is 0.503. The maximum atomic E-state index is 12.9. The van der Waals surface area contributed by atoms with Gasteiger partial charge in [0.2, 0.25) is 15.9 Å². The van der Waals surface area contributed by atoms with E-state index in [4.69, 9.17) is 5.14 Å². The molecule has 4 rings (SSSR count). The van der Waals surface area contributed by atoms with E-state index in [1.807, 2.05) is 36.4 Å². The predicted octanol–water partition coefficient (Wildman–Crippen LogP) is 3.41. The van der Waals surface area contributed by atoms with Gasteiger partial charge in [0.1, 0.15) is 0 Å². The number of carbonyl (C=O) groups is 2. The summed E-state index contributed by atoms with van der Waals surface area (Å²) in [5, 5.41) is 7.88. The molecular formula is C24H23N3O4S2. The Morgan fingerprint density at radius 1 is 0.970 bits per heavy atom. The summed E-state index contributed by atoms with van der Waals surface area (Å²) in [7, 11) is -3.62. The van der Waals surface area contributed by atoms with Gasteiger partial charge in [-0.05, 0) is 47.9 Å². The third-order valence-electron chi connectivity index (χ3n) is 5.25. The highest BCUT2D eigenvalue weighted by molar-refractivity contribution is 8.00. The predicted molar refractivity (Wildman–Crippen MR) is 131 cm³/mol. The highest BCUT2D eigenvalue weighted by Crippen LogP contribution is 2.30. The average molecular weight is 482 g/mol. The van der Waals surface area contributed by atoms with E-state index in [1.165, 1.54) is 17.3 Å². The highest BCUT2D eigenvalue weighted by Gasteiger charge is 2.24. The van der Waals surface area contributed by atoms with Crippen molar-refractivity contribution in [2.45, 2.75) is 17.1 Å². The number of nitrogens with two attached hydrogens (primary N) is 1. The van der Waals surface area contributed by atoms with Gasteiger partial charge in [0, 0.05) is 22.8 Å². The minimum absolute atomic E-state index is 0.00519. The molecule has 1 aliphatic rings. The number of hydrogen-bond acceptors (Lipinski definition) is 5. The third kappa shape index (κ3) is 5.81. The monoisotopic (exact) mass is 481 g/mol. The zero-order chi connectivity index (χ0) is 23.4. The van der Waals surface area contributed by atoms with Crippen molar-refractivity contribution in [3.63, 3.8) is 0 Å². The van der Waals surface area contributed by atoms with Crippen LogP contribution in [-0.4, -0.2) is 32.5 Å². The number of sulfonamides is 1. The second kappa shape index (κ2) is 9.78. The normalized spacial score (nSPS) is 12.9. The lowest BCUT2D eigenvalue weighted by Crippen LogP contribution is -2.30. The first-order chi connectivity index (χ1) is 15.8. The maximum absolute atomic E-state index is 12.9. The summed E-state index contributed by atoms with van der Waals surface area (Å²) in [6.07, 6.45) is 0.849. The molecule has 2 amide bonds. The Bertz CT molecular complexity index is 1290. The fourth-order valence-electron chi connectivity index (χ4n) is 3.71. The van der Waals surface area contributed by atoms with Crippen molar-refractivity contribution in [1.82, 2.24) is 0 Å². The Kier molecular flexibility index (Phi) is 6.83. The fraction of sp³-hybridized carbons (Fsp3) is 0.167. The van der Waals surface area contributed by atoms with Gasteiger partial charge in [-0.1, -0.05) is 42.5 Å². The number of amides is 2. The van der Waals surface area contributed by atoms with E-state index in [2.05, 4.69) is 5.32 Å². The number of carbonyl (C=O) groups excluding carboxylic acids is 2. The van der Waals surface area contributed by atoms with E-state index in [9.17, 15) is 18.0 Å². The number of primary sulfonamides is 1. The Hall–Kier alpha value is -3.14. The average Bonchev–Trinajstić information content (AvgIpc) is 3.22. The molecular weight excluding hydrogens is 458 g/mol. The molecule has 0 atom stereocenters. The van der Waals surface area contributed by atoms with Gasteiger partial charge in [-0.15, -0.1) is 11.8 Å². The molecule has 3 aromatic carbocycles. The van der Waals surface area contributed by atoms with Crippen LogP contribution in [0.2, 0.25) is 0 Å². The van der Waals surface area contributed by atoms with Crippen LogP contribution >= 0.6 is 11.8 Å². The summed E-state index contributed by atoms with van der Waals surface area (Å²) < 4.78 is 22.4. The van der Waals surface area contributed by atoms with Crippen LogP contribution in [0, 0.1) is 0 Å². The molecule has 0 unspecified atom stereocenters. The van der Waals surface area contributed by atoms with Crippen LogP contribution in [-0.2, 0) is 27.0 Å². The number of nitrogens with one attached hydrogen (secondary N) is 1. The van der Waals surface area contributed by atoms with E-state index in [-0.39, 0.29) is 23.3 Å². The number of fused-ring (bicyclic) bond motifs is 1. The van der Waals surface area contributed by atoms with Crippen molar-refractivity contribution < 1.29 is 18.0 Å². The smallest absolute Gasteiger partial charge is 0.256 e. The van der Waals surface area contributed by atoms with Crippen LogP contribution in [0.25, 0.3) is 0 Å². The van der Waals surface area contributed by atoms with Gasteiger partial charge in [0.25, 0.3) is 5.91 Å². The van der Waals surface area contributed by atoms with Crippen molar-refractivity contribution >= 4 is 45.0 Å². The van der Waals surface area contributed by atoms with Gasteiger partial charge in [-0.2, -0.15) is 0 Å². The topological polar surface area (TPSA) is 110 Å². The van der Waals surface area contributed by atoms with Gasteiger partial charge in [-0.25, -0.2) is 13.6 Å². The lowest BCUT2D eigenvalue weighted by atomic mass is 10.2. The Morgan fingerprint density at radius 3 is 2.42 bits per heavy atom. The molecule has 0 aliphatic carbocycles. The lowest BCUT2D eigenvalue weighted by Gasteiger charge is -2.17. The molecule has 33 heavy (non-hydrogen) atoms. The van der Waals surface area contributed by atoms with Crippen molar-refractivity contribution in [2.24, 2.45) is 5.14 Å². The summed E-state index contributed by atoms with van der Waals surface area (Å²) >= 11 is 1.33.